The number of rotatable bonds is 2. The third kappa shape index (κ3) is 3.40. The molecule has 4 N–H and O–H groups in total. The average molecular weight is 241 g/mol. The van der Waals surface area contributed by atoms with Crippen LogP contribution in [-0.2, 0) is 9.53 Å². The van der Waals surface area contributed by atoms with Gasteiger partial charge in [0.2, 0.25) is 5.91 Å². The van der Waals surface area contributed by atoms with Crippen LogP contribution in [0, 0.1) is 0 Å². The molecule has 0 aromatic rings. The summed E-state index contributed by atoms with van der Waals surface area (Å²) in [5.41, 5.74) is 5.91. The van der Waals surface area contributed by atoms with Crippen molar-refractivity contribution in [3.8, 4) is 0 Å². The van der Waals surface area contributed by atoms with E-state index in [1.807, 2.05) is 6.92 Å². The molecule has 1 aliphatic heterocycles. The van der Waals surface area contributed by atoms with Crippen LogP contribution in [0.4, 0.5) is 0 Å². The van der Waals surface area contributed by atoms with Gasteiger partial charge in [0, 0.05) is 18.6 Å². The van der Waals surface area contributed by atoms with E-state index < -0.39 is 0 Å². The van der Waals surface area contributed by atoms with Crippen molar-refractivity contribution in [2.75, 3.05) is 13.2 Å². The summed E-state index contributed by atoms with van der Waals surface area (Å²) in [6, 6.07) is 0.256. The fraction of sp³-hybridized carbons (Fsp3) is 0.917. The van der Waals surface area contributed by atoms with Gasteiger partial charge in [-0.2, -0.15) is 0 Å². The Hall–Kier alpha value is -0.650. The first-order chi connectivity index (χ1) is 8.16. The highest BCUT2D eigenvalue weighted by Gasteiger charge is 2.30. The minimum Gasteiger partial charge on any atom is -0.375 e. The molecule has 17 heavy (non-hydrogen) atoms. The first-order valence-corrected chi connectivity index (χ1v) is 6.58. The van der Waals surface area contributed by atoms with Gasteiger partial charge in [0.1, 0.15) is 6.04 Å². The van der Waals surface area contributed by atoms with Gasteiger partial charge in [-0.25, -0.2) is 0 Å². The van der Waals surface area contributed by atoms with Crippen molar-refractivity contribution < 1.29 is 9.53 Å². The molecule has 5 nitrogen and oxygen atoms in total. The molecule has 4 atom stereocenters. The van der Waals surface area contributed by atoms with Crippen LogP contribution < -0.4 is 16.4 Å². The van der Waals surface area contributed by atoms with Gasteiger partial charge in [0.15, 0.2) is 0 Å². The predicted molar refractivity (Wildman–Crippen MR) is 65.6 cm³/mol. The normalized spacial score (nSPS) is 38.7. The van der Waals surface area contributed by atoms with Crippen LogP contribution in [0.1, 0.15) is 32.6 Å². The summed E-state index contributed by atoms with van der Waals surface area (Å²) in [5.74, 6) is 0.0521. The standard InChI is InChI=1S/C12H23N3O2/c1-8-11(14-5-6-17-8)12(16)15-10-4-2-3-9(13)7-10/h8-11,14H,2-7,13H2,1H3,(H,15,16)/t8-,9?,10?,11+/m1/s1. The molecule has 0 spiro atoms. The van der Waals surface area contributed by atoms with Crippen molar-refractivity contribution in [2.24, 2.45) is 5.73 Å². The number of carbonyl (C=O) groups is 1. The summed E-state index contributed by atoms with van der Waals surface area (Å²) in [5, 5.41) is 6.29. The van der Waals surface area contributed by atoms with Crippen LogP contribution in [0.15, 0.2) is 0 Å². The summed E-state index contributed by atoms with van der Waals surface area (Å²) in [6.07, 6.45) is 4.07. The van der Waals surface area contributed by atoms with Crippen molar-refractivity contribution in [3.63, 3.8) is 0 Å². The minimum atomic E-state index is -0.220. The molecule has 0 aromatic heterocycles. The maximum Gasteiger partial charge on any atom is 0.240 e. The third-order valence-corrected chi connectivity index (χ3v) is 3.66. The number of nitrogens with one attached hydrogen (secondary N) is 2. The maximum atomic E-state index is 12.1. The Kier molecular flexibility index (Phi) is 4.36. The highest BCUT2D eigenvalue weighted by Crippen LogP contribution is 2.17. The Morgan fingerprint density at radius 1 is 1.47 bits per heavy atom. The maximum absolute atomic E-state index is 12.1. The second kappa shape index (κ2) is 5.80. The second-order valence-corrected chi connectivity index (χ2v) is 5.14. The van der Waals surface area contributed by atoms with Gasteiger partial charge >= 0.3 is 0 Å². The molecule has 2 unspecified atom stereocenters. The molecule has 0 bridgehead atoms. The number of ether oxygens (including phenoxy) is 1. The smallest absolute Gasteiger partial charge is 0.240 e. The molecule has 2 rings (SSSR count). The highest BCUT2D eigenvalue weighted by atomic mass is 16.5. The fourth-order valence-corrected chi connectivity index (χ4v) is 2.68. The van der Waals surface area contributed by atoms with E-state index in [2.05, 4.69) is 10.6 Å². The molecule has 0 aromatic carbocycles. The van der Waals surface area contributed by atoms with Crippen LogP contribution in [0.5, 0.6) is 0 Å². The molecule has 1 heterocycles. The molecule has 1 saturated heterocycles. The molecular formula is C12H23N3O2. The number of carbonyl (C=O) groups excluding carboxylic acids is 1. The van der Waals surface area contributed by atoms with E-state index in [1.165, 1.54) is 0 Å². The number of amides is 1. The van der Waals surface area contributed by atoms with Gasteiger partial charge in [-0.1, -0.05) is 0 Å². The lowest BCUT2D eigenvalue weighted by molar-refractivity contribution is -0.129. The van der Waals surface area contributed by atoms with Crippen molar-refractivity contribution in [3.05, 3.63) is 0 Å². The molecule has 1 amide bonds. The van der Waals surface area contributed by atoms with Crippen molar-refractivity contribution in [1.82, 2.24) is 10.6 Å². The van der Waals surface area contributed by atoms with E-state index in [0.29, 0.717) is 6.61 Å². The lowest BCUT2D eigenvalue weighted by atomic mass is 9.91. The molecular weight excluding hydrogens is 218 g/mol. The summed E-state index contributed by atoms with van der Waals surface area (Å²) in [7, 11) is 0. The zero-order valence-electron chi connectivity index (χ0n) is 10.4. The highest BCUT2D eigenvalue weighted by molar-refractivity contribution is 5.82. The zero-order valence-corrected chi connectivity index (χ0v) is 10.4. The minimum absolute atomic E-state index is 0.0521. The van der Waals surface area contributed by atoms with Crippen molar-refractivity contribution in [2.45, 2.75) is 56.8 Å². The Morgan fingerprint density at radius 3 is 3.00 bits per heavy atom. The van der Waals surface area contributed by atoms with Crippen LogP contribution >= 0.6 is 0 Å². The van der Waals surface area contributed by atoms with Crippen molar-refractivity contribution in [1.29, 1.82) is 0 Å². The lowest BCUT2D eigenvalue weighted by Crippen LogP contribution is -2.57. The van der Waals surface area contributed by atoms with E-state index in [-0.39, 0.29) is 30.1 Å². The Labute approximate surface area is 102 Å². The molecule has 5 heteroatoms. The van der Waals surface area contributed by atoms with E-state index in [1.54, 1.807) is 0 Å². The van der Waals surface area contributed by atoms with Gasteiger partial charge in [0.25, 0.3) is 0 Å². The SMILES string of the molecule is C[C@H]1OCCN[C@@H]1C(=O)NC1CCCC(N)C1. The van der Waals surface area contributed by atoms with E-state index in [9.17, 15) is 4.79 Å². The first-order valence-electron chi connectivity index (χ1n) is 6.58. The Balaban J connectivity index is 1.83. The molecule has 98 valence electrons. The largest absolute Gasteiger partial charge is 0.375 e. The van der Waals surface area contributed by atoms with Gasteiger partial charge < -0.3 is 21.1 Å². The van der Waals surface area contributed by atoms with E-state index >= 15 is 0 Å². The number of nitrogens with two attached hydrogens (primary N) is 1. The third-order valence-electron chi connectivity index (χ3n) is 3.66. The first kappa shape index (κ1) is 12.8. The summed E-state index contributed by atoms with van der Waals surface area (Å²) >= 11 is 0. The van der Waals surface area contributed by atoms with E-state index in [0.717, 1.165) is 32.2 Å². The summed E-state index contributed by atoms with van der Waals surface area (Å²) in [6.45, 7) is 3.36. The quantitative estimate of drug-likeness (QED) is 0.623. The molecule has 0 radical (unpaired) electrons. The van der Waals surface area contributed by atoms with Crippen LogP contribution in [0.2, 0.25) is 0 Å². The second-order valence-electron chi connectivity index (χ2n) is 5.14. The lowest BCUT2D eigenvalue weighted by Gasteiger charge is -2.33. The molecule has 1 saturated carbocycles. The predicted octanol–water partition coefficient (Wildman–Crippen LogP) is -0.251. The molecule has 1 aliphatic carbocycles. The van der Waals surface area contributed by atoms with Crippen LogP contribution in [0.3, 0.4) is 0 Å². The fourth-order valence-electron chi connectivity index (χ4n) is 2.68. The summed E-state index contributed by atoms with van der Waals surface area (Å²) in [4.78, 5) is 12.1. The van der Waals surface area contributed by atoms with Crippen LogP contribution in [0.25, 0.3) is 0 Å². The topological polar surface area (TPSA) is 76.4 Å². The molecule has 2 aliphatic rings. The van der Waals surface area contributed by atoms with Gasteiger partial charge in [-0.15, -0.1) is 0 Å². The van der Waals surface area contributed by atoms with E-state index in [4.69, 9.17) is 10.5 Å². The van der Waals surface area contributed by atoms with Gasteiger partial charge in [-0.05, 0) is 32.6 Å². The molecule has 2 fully saturated rings. The number of hydrogen-bond donors (Lipinski definition) is 3. The number of morpholine rings is 1. The van der Waals surface area contributed by atoms with Gasteiger partial charge in [0.05, 0.1) is 12.7 Å². The van der Waals surface area contributed by atoms with Crippen LogP contribution in [-0.4, -0.2) is 43.3 Å². The Bertz CT molecular complexity index is 272. The summed E-state index contributed by atoms with van der Waals surface area (Å²) < 4.78 is 5.47. The number of hydrogen-bond acceptors (Lipinski definition) is 4. The zero-order chi connectivity index (χ0) is 12.3. The van der Waals surface area contributed by atoms with Crippen molar-refractivity contribution >= 4 is 5.91 Å². The van der Waals surface area contributed by atoms with Gasteiger partial charge in [-0.3, -0.25) is 4.79 Å². The average Bonchev–Trinajstić information content (AvgIpc) is 2.29. The monoisotopic (exact) mass is 241 g/mol. The Morgan fingerprint density at radius 2 is 2.29 bits per heavy atom.